The highest BCUT2D eigenvalue weighted by Crippen LogP contribution is 2.33. The predicted molar refractivity (Wildman–Crippen MR) is 83.7 cm³/mol. The molecule has 0 unspecified atom stereocenters. The molecule has 104 valence electrons. The SMILES string of the molecule is Cc1ccnc(Sc2c(C(=N)N)cnc3ccccc23)n1. The van der Waals surface area contributed by atoms with Crippen molar-refractivity contribution in [3.63, 3.8) is 0 Å². The maximum atomic E-state index is 7.74. The highest BCUT2D eigenvalue weighted by molar-refractivity contribution is 7.99. The summed E-state index contributed by atoms with van der Waals surface area (Å²) in [6, 6.07) is 9.61. The Bertz CT molecular complexity index is 831. The number of benzene rings is 1. The molecule has 3 aromatic rings. The highest BCUT2D eigenvalue weighted by Gasteiger charge is 2.13. The van der Waals surface area contributed by atoms with Gasteiger partial charge in [0.15, 0.2) is 5.16 Å². The van der Waals surface area contributed by atoms with E-state index < -0.39 is 0 Å². The van der Waals surface area contributed by atoms with Crippen LogP contribution in [0.5, 0.6) is 0 Å². The van der Waals surface area contributed by atoms with Gasteiger partial charge in [-0.25, -0.2) is 9.97 Å². The molecule has 3 rings (SSSR count). The van der Waals surface area contributed by atoms with E-state index in [-0.39, 0.29) is 5.84 Å². The van der Waals surface area contributed by atoms with Gasteiger partial charge in [0.2, 0.25) is 0 Å². The molecule has 0 aliphatic heterocycles. The van der Waals surface area contributed by atoms with Crippen LogP contribution >= 0.6 is 11.8 Å². The number of hydrogen-bond acceptors (Lipinski definition) is 5. The van der Waals surface area contributed by atoms with E-state index in [0.717, 1.165) is 21.5 Å². The van der Waals surface area contributed by atoms with Gasteiger partial charge in [-0.1, -0.05) is 18.2 Å². The Morgan fingerprint density at radius 3 is 2.76 bits per heavy atom. The van der Waals surface area contributed by atoms with E-state index in [9.17, 15) is 0 Å². The van der Waals surface area contributed by atoms with Crippen molar-refractivity contribution in [2.75, 3.05) is 0 Å². The molecule has 0 spiro atoms. The average molecular weight is 295 g/mol. The first-order chi connectivity index (χ1) is 10.1. The van der Waals surface area contributed by atoms with Gasteiger partial charge in [0.25, 0.3) is 0 Å². The Hall–Kier alpha value is -2.47. The van der Waals surface area contributed by atoms with Crippen molar-refractivity contribution in [2.24, 2.45) is 5.73 Å². The zero-order chi connectivity index (χ0) is 14.8. The molecule has 21 heavy (non-hydrogen) atoms. The van der Waals surface area contributed by atoms with Crippen molar-refractivity contribution in [3.05, 3.63) is 54.0 Å². The van der Waals surface area contributed by atoms with E-state index in [1.807, 2.05) is 37.3 Å². The Morgan fingerprint density at radius 1 is 1.19 bits per heavy atom. The fourth-order valence-electron chi connectivity index (χ4n) is 1.98. The molecule has 0 aliphatic rings. The quantitative estimate of drug-likeness (QED) is 0.440. The minimum atomic E-state index is -0.0107. The van der Waals surface area contributed by atoms with Crippen molar-refractivity contribution in [3.8, 4) is 0 Å². The lowest BCUT2D eigenvalue weighted by Gasteiger charge is -2.10. The molecule has 0 saturated carbocycles. The van der Waals surface area contributed by atoms with Gasteiger partial charge >= 0.3 is 0 Å². The lowest BCUT2D eigenvalue weighted by atomic mass is 10.1. The predicted octanol–water partition coefficient (Wildman–Crippen LogP) is 2.77. The number of aryl methyl sites for hydroxylation is 1. The Labute approximate surface area is 126 Å². The van der Waals surface area contributed by atoms with Gasteiger partial charge in [0, 0.05) is 33.9 Å². The van der Waals surface area contributed by atoms with Crippen LogP contribution in [-0.2, 0) is 0 Å². The maximum absolute atomic E-state index is 7.74. The number of rotatable bonds is 3. The van der Waals surface area contributed by atoms with E-state index in [1.165, 1.54) is 11.8 Å². The number of nitrogens with one attached hydrogen (secondary N) is 1. The number of para-hydroxylation sites is 1. The summed E-state index contributed by atoms with van der Waals surface area (Å²) in [5.74, 6) is -0.0107. The van der Waals surface area contributed by atoms with Crippen molar-refractivity contribution in [1.29, 1.82) is 5.41 Å². The normalized spacial score (nSPS) is 10.7. The Morgan fingerprint density at radius 2 is 2.00 bits per heavy atom. The summed E-state index contributed by atoms with van der Waals surface area (Å²) in [5.41, 5.74) is 8.04. The van der Waals surface area contributed by atoms with Gasteiger partial charge in [0.05, 0.1) is 5.52 Å². The number of nitrogens with zero attached hydrogens (tertiary/aromatic N) is 3. The van der Waals surface area contributed by atoms with Crippen LogP contribution in [0.25, 0.3) is 10.9 Å². The number of fused-ring (bicyclic) bond motifs is 1. The van der Waals surface area contributed by atoms with Gasteiger partial charge < -0.3 is 5.73 Å². The van der Waals surface area contributed by atoms with E-state index in [0.29, 0.717) is 10.7 Å². The van der Waals surface area contributed by atoms with E-state index in [4.69, 9.17) is 11.1 Å². The van der Waals surface area contributed by atoms with Crippen LogP contribution in [0.15, 0.2) is 52.8 Å². The summed E-state index contributed by atoms with van der Waals surface area (Å²) in [7, 11) is 0. The second kappa shape index (κ2) is 5.49. The molecular weight excluding hydrogens is 282 g/mol. The van der Waals surface area contributed by atoms with Gasteiger partial charge in [-0.15, -0.1) is 0 Å². The molecule has 2 aromatic heterocycles. The average Bonchev–Trinajstić information content (AvgIpc) is 2.47. The molecule has 0 saturated heterocycles. The minimum absolute atomic E-state index is 0.0107. The van der Waals surface area contributed by atoms with Crippen molar-refractivity contribution in [1.82, 2.24) is 15.0 Å². The zero-order valence-electron chi connectivity index (χ0n) is 11.4. The minimum Gasteiger partial charge on any atom is -0.384 e. The molecule has 0 radical (unpaired) electrons. The number of nitrogens with two attached hydrogens (primary N) is 1. The lowest BCUT2D eigenvalue weighted by molar-refractivity contribution is 0.932. The van der Waals surface area contributed by atoms with Crippen LogP contribution in [0.1, 0.15) is 11.3 Å². The topological polar surface area (TPSA) is 88.5 Å². The Kier molecular flexibility index (Phi) is 3.53. The summed E-state index contributed by atoms with van der Waals surface area (Å²) in [4.78, 5) is 13.9. The van der Waals surface area contributed by atoms with E-state index in [2.05, 4.69) is 15.0 Å². The van der Waals surface area contributed by atoms with Crippen molar-refractivity contribution in [2.45, 2.75) is 17.0 Å². The molecule has 0 atom stereocenters. The van der Waals surface area contributed by atoms with Crippen molar-refractivity contribution >= 4 is 28.5 Å². The Balaban J connectivity index is 2.18. The molecule has 3 N–H and O–H groups in total. The maximum Gasteiger partial charge on any atom is 0.192 e. The number of pyridine rings is 1. The van der Waals surface area contributed by atoms with Crippen LogP contribution < -0.4 is 5.73 Å². The van der Waals surface area contributed by atoms with Gasteiger partial charge in [0.1, 0.15) is 5.84 Å². The van der Waals surface area contributed by atoms with E-state index >= 15 is 0 Å². The summed E-state index contributed by atoms with van der Waals surface area (Å²) in [6.07, 6.45) is 3.35. The molecule has 0 fully saturated rings. The first kappa shape index (κ1) is 13.5. The summed E-state index contributed by atoms with van der Waals surface area (Å²) >= 11 is 1.40. The van der Waals surface area contributed by atoms with Gasteiger partial charge in [-0.3, -0.25) is 10.4 Å². The second-order valence-electron chi connectivity index (χ2n) is 4.51. The van der Waals surface area contributed by atoms with Gasteiger partial charge in [-0.05, 0) is 30.8 Å². The largest absolute Gasteiger partial charge is 0.384 e. The van der Waals surface area contributed by atoms with Crippen LogP contribution in [-0.4, -0.2) is 20.8 Å². The second-order valence-corrected chi connectivity index (χ2v) is 5.49. The lowest BCUT2D eigenvalue weighted by Crippen LogP contribution is -2.13. The van der Waals surface area contributed by atoms with E-state index in [1.54, 1.807) is 12.4 Å². The monoisotopic (exact) mass is 295 g/mol. The van der Waals surface area contributed by atoms with Gasteiger partial charge in [-0.2, -0.15) is 0 Å². The summed E-state index contributed by atoms with van der Waals surface area (Å²) in [6.45, 7) is 1.92. The summed E-state index contributed by atoms with van der Waals surface area (Å²) < 4.78 is 0. The van der Waals surface area contributed by atoms with Crippen LogP contribution in [0.3, 0.4) is 0 Å². The molecule has 0 bridgehead atoms. The van der Waals surface area contributed by atoms with Crippen LogP contribution in [0, 0.1) is 12.3 Å². The standard InChI is InChI=1S/C15H13N5S/c1-9-6-7-18-15(20-9)21-13-10-4-2-3-5-12(10)19-8-11(13)14(16)17/h2-8H,1H3,(H3,16,17). The fourth-order valence-corrected chi connectivity index (χ4v) is 3.03. The first-order valence-electron chi connectivity index (χ1n) is 6.35. The van der Waals surface area contributed by atoms with Crippen molar-refractivity contribution < 1.29 is 0 Å². The van der Waals surface area contributed by atoms with Crippen LogP contribution in [0.2, 0.25) is 0 Å². The number of nitrogen functional groups attached to an aromatic ring is 1. The molecule has 1 aromatic carbocycles. The van der Waals surface area contributed by atoms with Crippen LogP contribution in [0.4, 0.5) is 0 Å². The third kappa shape index (κ3) is 2.71. The smallest absolute Gasteiger partial charge is 0.192 e. The summed E-state index contributed by atoms with van der Waals surface area (Å²) in [5, 5.41) is 9.32. The third-order valence-electron chi connectivity index (χ3n) is 2.98. The highest BCUT2D eigenvalue weighted by atomic mass is 32.2. The first-order valence-corrected chi connectivity index (χ1v) is 7.16. The molecule has 5 nitrogen and oxygen atoms in total. The number of amidine groups is 1. The molecular formula is C15H13N5S. The molecule has 0 aliphatic carbocycles. The molecule has 0 amide bonds. The third-order valence-corrected chi connectivity index (χ3v) is 4.01. The number of hydrogen-bond donors (Lipinski definition) is 2. The molecule has 6 heteroatoms. The number of aromatic nitrogens is 3. The fraction of sp³-hybridized carbons (Fsp3) is 0.0667. The zero-order valence-corrected chi connectivity index (χ0v) is 12.2. The molecule has 2 heterocycles.